The maximum atomic E-state index is 6.13. The van der Waals surface area contributed by atoms with Crippen LogP contribution in [0.1, 0.15) is 22.5 Å². The molecular formula is C15H18ClNO2. The number of nitrogens with one attached hydrogen (secondary N) is 1. The van der Waals surface area contributed by atoms with Crippen LogP contribution >= 0.6 is 11.6 Å². The van der Waals surface area contributed by atoms with Gasteiger partial charge in [0.15, 0.2) is 0 Å². The normalized spacial score (nSPS) is 10.7. The van der Waals surface area contributed by atoms with Crippen molar-refractivity contribution in [2.75, 3.05) is 7.05 Å². The van der Waals surface area contributed by atoms with Crippen LogP contribution in [0.5, 0.6) is 5.75 Å². The van der Waals surface area contributed by atoms with Crippen molar-refractivity contribution < 1.29 is 9.15 Å². The molecule has 19 heavy (non-hydrogen) atoms. The van der Waals surface area contributed by atoms with Crippen LogP contribution in [0.3, 0.4) is 0 Å². The summed E-state index contributed by atoms with van der Waals surface area (Å²) in [5.41, 5.74) is 3.16. The van der Waals surface area contributed by atoms with Gasteiger partial charge in [-0.25, -0.2) is 0 Å². The first-order valence-electron chi connectivity index (χ1n) is 6.21. The number of benzene rings is 1. The van der Waals surface area contributed by atoms with Crippen molar-refractivity contribution in [3.05, 3.63) is 51.9 Å². The molecule has 0 saturated heterocycles. The van der Waals surface area contributed by atoms with E-state index < -0.39 is 0 Å². The fraction of sp³-hybridized carbons (Fsp3) is 0.333. The molecule has 4 heteroatoms. The summed E-state index contributed by atoms with van der Waals surface area (Å²) in [4.78, 5) is 0. The Labute approximate surface area is 118 Å². The Morgan fingerprint density at radius 1 is 1.26 bits per heavy atom. The number of furan rings is 1. The smallest absolute Gasteiger partial charge is 0.146 e. The lowest BCUT2D eigenvalue weighted by Gasteiger charge is -2.09. The highest BCUT2D eigenvalue weighted by atomic mass is 35.5. The van der Waals surface area contributed by atoms with Crippen LogP contribution in [0, 0.1) is 13.8 Å². The van der Waals surface area contributed by atoms with Crippen molar-refractivity contribution in [3.63, 3.8) is 0 Å². The minimum Gasteiger partial charge on any atom is -0.486 e. The van der Waals surface area contributed by atoms with Crippen molar-refractivity contribution in [2.24, 2.45) is 0 Å². The van der Waals surface area contributed by atoms with E-state index in [0.29, 0.717) is 6.61 Å². The van der Waals surface area contributed by atoms with E-state index in [-0.39, 0.29) is 0 Å². The number of hydrogen-bond donors (Lipinski definition) is 1. The molecule has 0 amide bonds. The van der Waals surface area contributed by atoms with Crippen LogP contribution in [0.25, 0.3) is 0 Å². The van der Waals surface area contributed by atoms with E-state index in [0.717, 1.165) is 39.8 Å². The highest BCUT2D eigenvalue weighted by molar-refractivity contribution is 6.32. The van der Waals surface area contributed by atoms with E-state index in [1.165, 1.54) is 0 Å². The lowest BCUT2D eigenvalue weighted by Crippen LogP contribution is -2.07. The zero-order valence-corrected chi connectivity index (χ0v) is 12.2. The quantitative estimate of drug-likeness (QED) is 0.903. The first-order valence-corrected chi connectivity index (χ1v) is 6.59. The molecule has 0 unspecified atom stereocenters. The summed E-state index contributed by atoms with van der Waals surface area (Å²) in [6, 6.07) is 5.83. The van der Waals surface area contributed by atoms with Crippen molar-refractivity contribution in [1.82, 2.24) is 5.32 Å². The molecule has 0 radical (unpaired) electrons. The number of halogens is 1. The minimum absolute atomic E-state index is 0.421. The maximum Gasteiger partial charge on any atom is 0.146 e. The number of rotatable bonds is 5. The van der Waals surface area contributed by atoms with Gasteiger partial charge >= 0.3 is 0 Å². The first-order chi connectivity index (χ1) is 9.11. The van der Waals surface area contributed by atoms with E-state index in [9.17, 15) is 0 Å². The second-order valence-corrected chi connectivity index (χ2v) is 4.94. The van der Waals surface area contributed by atoms with Gasteiger partial charge in [-0.1, -0.05) is 11.6 Å². The molecule has 0 fully saturated rings. The van der Waals surface area contributed by atoms with Gasteiger partial charge in [0.2, 0.25) is 0 Å². The molecule has 0 aliphatic carbocycles. The predicted octanol–water partition coefficient (Wildman–Crippen LogP) is 3.85. The summed E-state index contributed by atoms with van der Waals surface area (Å²) >= 11 is 6.13. The van der Waals surface area contributed by atoms with Crippen molar-refractivity contribution in [1.29, 1.82) is 0 Å². The monoisotopic (exact) mass is 279 g/mol. The molecule has 0 aliphatic heterocycles. The molecule has 2 aromatic rings. The lowest BCUT2D eigenvalue weighted by atomic mass is 10.1. The molecule has 1 aromatic carbocycles. The van der Waals surface area contributed by atoms with E-state index in [1.54, 1.807) is 6.26 Å². The Morgan fingerprint density at radius 3 is 2.58 bits per heavy atom. The van der Waals surface area contributed by atoms with Crippen molar-refractivity contribution in [2.45, 2.75) is 27.0 Å². The Hall–Kier alpha value is -1.45. The second kappa shape index (κ2) is 6.13. The second-order valence-electron chi connectivity index (χ2n) is 4.56. The summed E-state index contributed by atoms with van der Waals surface area (Å²) in [6.07, 6.45) is 1.68. The molecule has 1 N–H and O–H groups in total. The van der Waals surface area contributed by atoms with Gasteiger partial charge in [-0.05, 0) is 50.2 Å². The van der Waals surface area contributed by atoms with Gasteiger partial charge in [0.1, 0.15) is 18.1 Å². The van der Waals surface area contributed by atoms with Gasteiger partial charge in [-0.3, -0.25) is 0 Å². The molecule has 3 nitrogen and oxygen atoms in total. The summed E-state index contributed by atoms with van der Waals surface area (Å²) in [7, 11) is 1.91. The third-order valence-electron chi connectivity index (χ3n) is 2.98. The van der Waals surface area contributed by atoms with Gasteiger partial charge in [0, 0.05) is 17.1 Å². The van der Waals surface area contributed by atoms with E-state index in [1.807, 2.05) is 39.1 Å². The highest BCUT2D eigenvalue weighted by Gasteiger charge is 2.08. The minimum atomic E-state index is 0.421. The SMILES string of the molecule is CNCc1ccoc1COc1cc(C)c(Cl)c(C)c1. The molecular weight excluding hydrogens is 262 g/mol. The highest BCUT2D eigenvalue weighted by Crippen LogP contribution is 2.26. The number of aryl methyl sites for hydroxylation is 2. The fourth-order valence-electron chi connectivity index (χ4n) is 1.98. The van der Waals surface area contributed by atoms with E-state index >= 15 is 0 Å². The summed E-state index contributed by atoms with van der Waals surface area (Å²) in [6.45, 7) is 5.14. The van der Waals surface area contributed by atoms with Gasteiger partial charge in [-0.2, -0.15) is 0 Å². The van der Waals surface area contributed by atoms with Crippen LogP contribution in [0.4, 0.5) is 0 Å². The summed E-state index contributed by atoms with van der Waals surface area (Å²) in [5, 5.41) is 3.89. The lowest BCUT2D eigenvalue weighted by molar-refractivity contribution is 0.268. The number of hydrogen-bond acceptors (Lipinski definition) is 3. The third-order valence-corrected chi connectivity index (χ3v) is 3.58. The third kappa shape index (κ3) is 3.31. The maximum absolute atomic E-state index is 6.13. The zero-order valence-electron chi connectivity index (χ0n) is 11.4. The molecule has 1 heterocycles. The number of ether oxygens (including phenoxy) is 1. The Morgan fingerprint density at radius 2 is 1.95 bits per heavy atom. The van der Waals surface area contributed by atoms with Gasteiger partial charge in [0.25, 0.3) is 0 Å². The molecule has 0 bridgehead atoms. The van der Waals surface area contributed by atoms with Crippen LogP contribution in [0.15, 0.2) is 28.9 Å². The molecule has 1 aromatic heterocycles. The Bertz CT molecular complexity index is 540. The summed E-state index contributed by atoms with van der Waals surface area (Å²) < 4.78 is 11.2. The molecule has 0 saturated carbocycles. The van der Waals surface area contributed by atoms with Crippen molar-refractivity contribution >= 4 is 11.6 Å². The van der Waals surface area contributed by atoms with Crippen LogP contribution in [0.2, 0.25) is 5.02 Å². The molecule has 0 spiro atoms. The van der Waals surface area contributed by atoms with E-state index in [2.05, 4.69) is 5.32 Å². The average Bonchev–Trinajstić information content (AvgIpc) is 2.81. The van der Waals surface area contributed by atoms with Crippen LogP contribution in [-0.2, 0) is 13.2 Å². The van der Waals surface area contributed by atoms with Crippen LogP contribution < -0.4 is 10.1 Å². The van der Waals surface area contributed by atoms with Crippen LogP contribution in [-0.4, -0.2) is 7.05 Å². The molecule has 102 valence electrons. The Kier molecular flexibility index (Phi) is 4.51. The molecule has 0 atom stereocenters. The average molecular weight is 280 g/mol. The van der Waals surface area contributed by atoms with Crippen molar-refractivity contribution in [3.8, 4) is 5.75 Å². The van der Waals surface area contributed by atoms with E-state index in [4.69, 9.17) is 20.8 Å². The molecule has 2 rings (SSSR count). The standard InChI is InChI=1S/C15H18ClNO2/c1-10-6-13(7-11(2)15(10)16)19-9-14-12(8-17-3)4-5-18-14/h4-7,17H,8-9H2,1-3H3. The first kappa shape index (κ1) is 14.0. The Balaban J connectivity index is 2.08. The molecule has 0 aliphatic rings. The van der Waals surface area contributed by atoms with Gasteiger partial charge in [0.05, 0.1) is 6.26 Å². The predicted molar refractivity (Wildman–Crippen MR) is 76.7 cm³/mol. The largest absolute Gasteiger partial charge is 0.486 e. The van der Waals surface area contributed by atoms with Gasteiger partial charge in [-0.15, -0.1) is 0 Å². The van der Waals surface area contributed by atoms with Gasteiger partial charge < -0.3 is 14.5 Å². The fourth-order valence-corrected chi connectivity index (χ4v) is 2.09. The zero-order chi connectivity index (χ0) is 13.8. The summed E-state index contributed by atoms with van der Waals surface area (Å²) in [5.74, 6) is 1.66. The topological polar surface area (TPSA) is 34.4 Å².